The molecule has 0 aliphatic rings. The van der Waals surface area contributed by atoms with E-state index in [1.165, 1.54) is 31.3 Å². The molecular weight excluding hydrogens is 249 g/mol. The van der Waals surface area contributed by atoms with Crippen molar-refractivity contribution in [3.63, 3.8) is 0 Å². The van der Waals surface area contributed by atoms with Gasteiger partial charge in [0, 0.05) is 14.1 Å². The second-order valence-electron chi connectivity index (χ2n) is 3.46. The fourth-order valence-corrected chi connectivity index (χ4v) is 1.39. The molecule has 0 spiro atoms. The van der Waals surface area contributed by atoms with E-state index in [9.17, 15) is 22.8 Å². The third kappa shape index (κ3) is 2.79. The van der Waals surface area contributed by atoms with Crippen molar-refractivity contribution in [2.24, 2.45) is 0 Å². The highest BCUT2D eigenvalue weighted by Crippen LogP contribution is 2.25. The number of anilines is 1. The second kappa shape index (κ2) is 5.07. The largest absolute Gasteiger partial charge is 0.471 e. The monoisotopic (exact) mass is 260 g/mol. The SMILES string of the molecule is CNC(=O)c1ccccc1N(C)C(=O)C(F)(F)F. The predicted molar refractivity (Wildman–Crippen MR) is 59.3 cm³/mol. The first-order chi connectivity index (χ1) is 8.29. The molecule has 0 atom stereocenters. The molecule has 4 nitrogen and oxygen atoms in total. The lowest BCUT2D eigenvalue weighted by atomic mass is 10.1. The van der Waals surface area contributed by atoms with Crippen molar-refractivity contribution in [1.82, 2.24) is 5.32 Å². The van der Waals surface area contributed by atoms with Gasteiger partial charge in [-0.2, -0.15) is 13.2 Å². The summed E-state index contributed by atoms with van der Waals surface area (Å²) in [6.45, 7) is 0. The molecule has 1 aromatic rings. The van der Waals surface area contributed by atoms with Crippen LogP contribution in [0.1, 0.15) is 10.4 Å². The van der Waals surface area contributed by atoms with E-state index in [2.05, 4.69) is 5.32 Å². The van der Waals surface area contributed by atoms with Gasteiger partial charge in [-0.05, 0) is 12.1 Å². The molecule has 0 fully saturated rings. The number of halogens is 3. The lowest BCUT2D eigenvalue weighted by Crippen LogP contribution is -2.39. The number of alkyl halides is 3. The summed E-state index contributed by atoms with van der Waals surface area (Å²) in [6, 6.07) is 5.56. The molecule has 0 saturated heterocycles. The average molecular weight is 260 g/mol. The maximum absolute atomic E-state index is 12.3. The average Bonchev–Trinajstić information content (AvgIpc) is 2.35. The van der Waals surface area contributed by atoms with Crippen molar-refractivity contribution < 1.29 is 22.8 Å². The number of amides is 2. The Morgan fingerprint density at radius 3 is 2.28 bits per heavy atom. The molecule has 1 rings (SSSR count). The number of rotatable bonds is 2. The van der Waals surface area contributed by atoms with Gasteiger partial charge < -0.3 is 10.2 Å². The number of nitrogens with zero attached hydrogens (tertiary/aromatic N) is 1. The van der Waals surface area contributed by atoms with Crippen LogP contribution in [0.2, 0.25) is 0 Å². The lowest BCUT2D eigenvalue weighted by molar-refractivity contribution is -0.170. The number of carbonyl (C=O) groups is 2. The predicted octanol–water partition coefficient (Wildman–Crippen LogP) is 1.57. The summed E-state index contributed by atoms with van der Waals surface area (Å²) in [5.74, 6) is -2.59. The summed E-state index contributed by atoms with van der Waals surface area (Å²) < 4.78 is 36.9. The summed E-state index contributed by atoms with van der Waals surface area (Å²) in [5.41, 5.74) is -0.0979. The Morgan fingerprint density at radius 2 is 1.78 bits per heavy atom. The minimum atomic E-state index is -4.98. The highest BCUT2D eigenvalue weighted by atomic mass is 19.4. The van der Waals surface area contributed by atoms with Crippen LogP contribution in [0.15, 0.2) is 24.3 Å². The third-order valence-corrected chi connectivity index (χ3v) is 2.28. The molecule has 1 N–H and O–H groups in total. The van der Waals surface area contributed by atoms with E-state index in [4.69, 9.17) is 0 Å². The molecule has 0 unspecified atom stereocenters. The maximum Gasteiger partial charge on any atom is 0.471 e. The van der Waals surface area contributed by atoms with Crippen LogP contribution in [0.3, 0.4) is 0 Å². The fraction of sp³-hybridized carbons (Fsp3) is 0.273. The number of benzene rings is 1. The second-order valence-corrected chi connectivity index (χ2v) is 3.46. The van der Waals surface area contributed by atoms with E-state index in [0.717, 1.165) is 7.05 Å². The minimum Gasteiger partial charge on any atom is -0.355 e. The number of hydrogen-bond acceptors (Lipinski definition) is 2. The van der Waals surface area contributed by atoms with Gasteiger partial charge in [0.1, 0.15) is 0 Å². The molecule has 0 radical (unpaired) electrons. The maximum atomic E-state index is 12.3. The molecule has 0 aromatic heterocycles. The van der Waals surface area contributed by atoms with Crippen LogP contribution in [0.5, 0.6) is 0 Å². The first kappa shape index (κ1) is 14.0. The molecule has 7 heteroatoms. The molecule has 1 aromatic carbocycles. The van der Waals surface area contributed by atoms with E-state index in [0.29, 0.717) is 4.90 Å². The highest BCUT2D eigenvalue weighted by molar-refractivity contribution is 6.05. The van der Waals surface area contributed by atoms with Gasteiger partial charge in [0.25, 0.3) is 5.91 Å². The summed E-state index contributed by atoms with van der Waals surface area (Å²) in [7, 11) is 2.32. The standard InChI is InChI=1S/C11H11F3N2O2/c1-15-9(17)7-5-3-4-6-8(7)16(2)10(18)11(12,13)14/h3-6H,1-2H3,(H,15,17). The summed E-state index contributed by atoms with van der Waals surface area (Å²) >= 11 is 0. The normalized spacial score (nSPS) is 10.9. The molecule has 18 heavy (non-hydrogen) atoms. The van der Waals surface area contributed by atoms with Gasteiger partial charge in [0.15, 0.2) is 0 Å². The van der Waals surface area contributed by atoms with Gasteiger partial charge in [-0.1, -0.05) is 12.1 Å². The first-order valence-electron chi connectivity index (χ1n) is 4.95. The molecule has 0 aliphatic heterocycles. The fourth-order valence-electron chi connectivity index (χ4n) is 1.39. The van der Waals surface area contributed by atoms with Crippen LogP contribution in [-0.2, 0) is 4.79 Å². The Labute approximate surface area is 101 Å². The Morgan fingerprint density at radius 1 is 1.22 bits per heavy atom. The zero-order valence-electron chi connectivity index (χ0n) is 9.71. The highest BCUT2D eigenvalue weighted by Gasteiger charge is 2.42. The van der Waals surface area contributed by atoms with Crippen LogP contribution in [0.25, 0.3) is 0 Å². The molecule has 0 saturated carbocycles. The van der Waals surface area contributed by atoms with Crippen molar-refractivity contribution >= 4 is 17.5 Å². The van der Waals surface area contributed by atoms with Crippen molar-refractivity contribution in [2.75, 3.05) is 19.0 Å². The first-order valence-corrected chi connectivity index (χ1v) is 4.95. The van der Waals surface area contributed by atoms with Gasteiger partial charge in [-0.3, -0.25) is 9.59 Å². The van der Waals surface area contributed by atoms with Crippen LogP contribution in [0, 0.1) is 0 Å². The number of hydrogen-bond donors (Lipinski definition) is 1. The summed E-state index contributed by atoms with van der Waals surface area (Å²) in [4.78, 5) is 23.0. The minimum absolute atomic E-state index is 0.0000926. The van der Waals surface area contributed by atoms with E-state index >= 15 is 0 Å². The molecular formula is C11H11F3N2O2. The van der Waals surface area contributed by atoms with Gasteiger partial charge >= 0.3 is 12.1 Å². The van der Waals surface area contributed by atoms with Gasteiger partial charge in [0.05, 0.1) is 11.3 Å². The molecule has 0 aliphatic carbocycles. The summed E-state index contributed by atoms with van der Waals surface area (Å²) in [6.07, 6.45) is -4.98. The zero-order valence-corrected chi connectivity index (χ0v) is 9.71. The van der Waals surface area contributed by atoms with Crippen molar-refractivity contribution in [3.05, 3.63) is 29.8 Å². The van der Waals surface area contributed by atoms with Crippen LogP contribution in [0.4, 0.5) is 18.9 Å². The smallest absolute Gasteiger partial charge is 0.355 e. The molecule has 0 heterocycles. The Bertz CT molecular complexity index is 472. The molecule has 0 bridgehead atoms. The molecule has 2 amide bonds. The number of para-hydroxylation sites is 1. The molecule has 98 valence electrons. The summed E-state index contributed by atoms with van der Waals surface area (Å²) in [5, 5.41) is 2.30. The Balaban J connectivity index is 3.18. The van der Waals surface area contributed by atoms with Gasteiger partial charge in [0.2, 0.25) is 0 Å². The van der Waals surface area contributed by atoms with E-state index in [-0.39, 0.29) is 11.3 Å². The van der Waals surface area contributed by atoms with E-state index < -0.39 is 18.0 Å². The van der Waals surface area contributed by atoms with E-state index in [1.54, 1.807) is 0 Å². The van der Waals surface area contributed by atoms with Gasteiger partial charge in [-0.25, -0.2) is 0 Å². The van der Waals surface area contributed by atoms with Crippen molar-refractivity contribution in [3.8, 4) is 0 Å². The van der Waals surface area contributed by atoms with Gasteiger partial charge in [-0.15, -0.1) is 0 Å². The van der Waals surface area contributed by atoms with Crippen LogP contribution >= 0.6 is 0 Å². The Hall–Kier alpha value is -2.05. The Kier molecular flexibility index (Phi) is 3.95. The van der Waals surface area contributed by atoms with Crippen molar-refractivity contribution in [2.45, 2.75) is 6.18 Å². The van der Waals surface area contributed by atoms with Crippen LogP contribution in [-0.4, -0.2) is 32.1 Å². The van der Waals surface area contributed by atoms with E-state index in [1.807, 2.05) is 0 Å². The van der Waals surface area contributed by atoms with Crippen molar-refractivity contribution in [1.29, 1.82) is 0 Å². The number of carbonyl (C=O) groups excluding carboxylic acids is 2. The zero-order chi connectivity index (χ0) is 13.9. The lowest BCUT2D eigenvalue weighted by Gasteiger charge is -2.21. The number of nitrogens with one attached hydrogen (secondary N) is 1. The van der Waals surface area contributed by atoms with Crippen LogP contribution < -0.4 is 10.2 Å². The quantitative estimate of drug-likeness (QED) is 0.877. The topological polar surface area (TPSA) is 49.4 Å². The third-order valence-electron chi connectivity index (χ3n) is 2.28.